The van der Waals surface area contributed by atoms with E-state index in [0.29, 0.717) is 11.3 Å². The van der Waals surface area contributed by atoms with Crippen LogP contribution in [0.4, 0.5) is 4.39 Å². The van der Waals surface area contributed by atoms with E-state index in [1.54, 1.807) is 12.1 Å². The van der Waals surface area contributed by atoms with Gasteiger partial charge in [-0.15, -0.1) is 0 Å². The molecule has 0 saturated heterocycles. The first-order chi connectivity index (χ1) is 10.5. The number of esters is 1. The zero-order chi connectivity index (χ0) is 16.3. The van der Waals surface area contributed by atoms with E-state index in [0.717, 1.165) is 10.7 Å². The smallest absolute Gasteiger partial charge is 0.338 e. The van der Waals surface area contributed by atoms with Crippen LogP contribution in [0.25, 0.3) is 5.70 Å². The van der Waals surface area contributed by atoms with Crippen LogP contribution in [-0.4, -0.2) is 30.5 Å². The molecule has 0 unspecified atom stereocenters. The van der Waals surface area contributed by atoms with Crippen molar-refractivity contribution < 1.29 is 13.9 Å². The number of benzene rings is 1. The van der Waals surface area contributed by atoms with Crippen LogP contribution >= 0.6 is 11.8 Å². The summed E-state index contributed by atoms with van der Waals surface area (Å²) in [5, 5.41) is 3.89. The molecular formula is C16H19FN2O2S. The zero-order valence-corrected chi connectivity index (χ0v) is 13.8. The average molecular weight is 322 g/mol. The summed E-state index contributed by atoms with van der Waals surface area (Å²) in [4.78, 5) is 16.8. The van der Waals surface area contributed by atoms with Gasteiger partial charge in [-0.3, -0.25) is 4.99 Å². The Labute approximate surface area is 133 Å². The molecule has 1 aliphatic rings. The summed E-state index contributed by atoms with van der Waals surface area (Å²) in [7, 11) is 1.35. The summed E-state index contributed by atoms with van der Waals surface area (Å²) >= 11 is 1.47. The summed E-state index contributed by atoms with van der Waals surface area (Å²) in [5.41, 5.74) is 1.83. The van der Waals surface area contributed by atoms with E-state index in [-0.39, 0.29) is 17.8 Å². The monoisotopic (exact) mass is 322 g/mol. The van der Waals surface area contributed by atoms with Crippen LogP contribution in [0, 0.1) is 11.7 Å². The molecule has 22 heavy (non-hydrogen) atoms. The second kappa shape index (κ2) is 6.96. The van der Waals surface area contributed by atoms with E-state index in [1.165, 1.54) is 31.0 Å². The lowest BCUT2D eigenvalue weighted by atomic mass is 9.91. The molecule has 0 spiro atoms. The Bertz CT molecular complexity index is 624. The van der Waals surface area contributed by atoms with Crippen LogP contribution in [-0.2, 0) is 9.53 Å². The summed E-state index contributed by atoms with van der Waals surface area (Å²) in [6, 6.07) is 5.72. The van der Waals surface area contributed by atoms with Crippen molar-refractivity contribution in [1.29, 1.82) is 0 Å². The quantitative estimate of drug-likeness (QED) is 0.869. The molecule has 4 nitrogen and oxygen atoms in total. The van der Waals surface area contributed by atoms with Gasteiger partial charge in [0.05, 0.1) is 24.4 Å². The fourth-order valence-electron chi connectivity index (χ4n) is 2.31. The van der Waals surface area contributed by atoms with E-state index in [9.17, 15) is 9.18 Å². The summed E-state index contributed by atoms with van der Waals surface area (Å²) in [6.07, 6.45) is 1.91. The highest BCUT2D eigenvalue weighted by molar-refractivity contribution is 8.13. The third-order valence-electron chi connectivity index (χ3n) is 3.42. The number of amidine groups is 1. The minimum atomic E-state index is -0.422. The molecule has 0 radical (unpaired) electrons. The van der Waals surface area contributed by atoms with Crippen molar-refractivity contribution in [3.8, 4) is 0 Å². The molecule has 1 aromatic carbocycles. The van der Waals surface area contributed by atoms with Gasteiger partial charge in [-0.25, -0.2) is 9.18 Å². The molecule has 1 N–H and O–H groups in total. The van der Waals surface area contributed by atoms with E-state index in [4.69, 9.17) is 4.74 Å². The standard InChI is InChI=1S/C16H19FN2O2S/c1-9(2)13-12(15(20)21-3)14(19-16(18-13)22-4)10-5-7-11(17)8-6-10/h5-9,13H,1-4H3,(H,18,19)/t13-/m1/s1. The Balaban J connectivity index is 2.59. The third-order valence-corrected chi connectivity index (χ3v) is 4.01. The van der Waals surface area contributed by atoms with Crippen molar-refractivity contribution in [3.63, 3.8) is 0 Å². The number of hydrogen-bond acceptors (Lipinski definition) is 5. The number of aliphatic imine (C=N–C) groups is 1. The van der Waals surface area contributed by atoms with Gasteiger partial charge < -0.3 is 10.1 Å². The number of carbonyl (C=O) groups excluding carboxylic acids is 1. The molecule has 6 heteroatoms. The molecule has 1 atom stereocenters. The first kappa shape index (κ1) is 16.5. The van der Waals surface area contributed by atoms with E-state index < -0.39 is 5.97 Å². The van der Waals surface area contributed by atoms with E-state index in [1.807, 2.05) is 20.1 Å². The van der Waals surface area contributed by atoms with E-state index >= 15 is 0 Å². The van der Waals surface area contributed by atoms with Crippen molar-refractivity contribution in [3.05, 3.63) is 41.2 Å². The van der Waals surface area contributed by atoms with Gasteiger partial charge >= 0.3 is 5.97 Å². The Morgan fingerprint density at radius 1 is 1.36 bits per heavy atom. The molecule has 0 fully saturated rings. The Morgan fingerprint density at radius 2 is 2.00 bits per heavy atom. The van der Waals surface area contributed by atoms with Crippen molar-refractivity contribution in [2.24, 2.45) is 10.9 Å². The molecule has 118 valence electrons. The van der Waals surface area contributed by atoms with Gasteiger partial charge in [-0.2, -0.15) is 0 Å². The summed E-state index contributed by atoms with van der Waals surface area (Å²) < 4.78 is 18.1. The van der Waals surface area contributed by atoms with Gasteiger partial charge in [0.25, 0.3) is 0 Å². The maximum Gasteiger partial charge on any atom is 0.338 e. The summed E-state index contributed by atoms with van der Waals surface area (Å²) in [6.45, 7) is 4.01. The lowest BCUT2D eigenvalue weighted by Crippen LogP contribution is -2.36. The number of nitrogens with zero attached hydrogens (tertiary/aromatic N) is 1. The average Bonchev–Trinajstić information content (AvgIpc) is 2.53. The molecule has 0 saturated carbocycles. The molecule has 1 aromatic rings. The van der Waals surface area contributed by atoms with Gasteiger partial charge in [0.2, 0.25) is 0 Å². The second-order valence-electron chi connectivity index (χ2n) is 5.24. The minimum Gasteiger partial charge on any atom is -0.466 e. The number of nitrogens with one attached hydrogen (secondary N) is 1. The maximum atomic E-state index is 13.2. The van der Waals surface area contributed by atoms with Gasteiger partial charge in [0.15, 0.2) is 5.17 Å². The van der Waals surface area contributed by atoms with Gasteiger partial charge in [-0.05, 0) is 42.0 Å². The van der Waals surface area contributed by atoms with Crippen LogP contribution < -0.4 is 5.32 Å². The molecule has 0 bridgehead atoms. The van der Waals surface area contributed by atoms with Crippen LogP contribution in [0.2, 0.25) is 0 Å². The van der Waals surface area contributed by atoms with Crippen molar-refractivity contribution in [2.75, 3.05) is 13.4 Å². The summed E-state index contributed by atoms with van der Waals surface area (Å²) in [5.74, 6) is -0.609. The van der Waals surface area contributed by atoms with Gasteiger partial charge in [0, 0.05) is 0 Å². The van der Waals surface area contributed by atoms with Crippen LogP contribution in [0.15, 0.2) is 34.8 Å². The van der Waals surface area contributed by atoms with Crippen molar-refractivity contribution in [1.82, 2.24) is 5.32 Å². The molecule has 0 amide bonds. The third kappa shape index (κ3) is 3.32. The van der Waals surface area contributed by atoms with Crippen molar-refractivity contribution >= 4 is 28.6 Å². The zero-order valence-electron chi connectivity index (χ0n) is 13.0. The Hall–Kier alpha value is -1.82. The number of methoxy groups -OCH3 is 1. The predicted molar refractivity (Wildman–Crippen MR) is 88.0 cm³/mol. The van der Waals surface area contributed by atoms with E-state index in [2.05, 4.69) is 10.3 Å². The Morgan fingerprint density at radius 3 is 2.50 bits per heavy atom. The molecule has 0 aliphatic carbocycles. The van der Waals surface area contributed by atoms with Gasteiger partial charge in [0.1, 0.15) is 5.82 Å². The first-order valence-electron chi connectivity index (χ1n) is 6.95. The van der Waals surface area contributed by atoms with Crippen LogP contribution in [0.3, 0.4) is 0 Å². The lowest BCUT2D eigenvalue weighted by molar-refractivity contribution is -0.136. The second-order valence-corrected chi connectivity index (χ2v) is 6.03. The normalized spacial score (nSPS) is 18.1. The number of hydrogen-bond donors (Lipinski definition) is 1. The Kier molecular flexibility index (Phi) is 5.24. The SMILES string of the molecule is COC(=O)C1=C(c2ccc(F)cc2)NC(SC)=N[C@@H]1C(C)C. The number of carbonyl (C=O) groups is 1. The molecule has 1 heterocycles. The molecular weight excluding hydrogens is 303 g/mol. The highest BCUT2D eigenvalue weighted by Gasteiger charge is 2.32. The van der Waals surface area contributed by atoms with Gasteiger partial charge in [-0.1, -0.05) is 25.6 Å². The fourth-order valence-corrected chi connectivity index (χ4v) is 2.73. The molecule has 1 aliphatic heterocycles. The molecule has 2 rings (SSSR count). The van der Waals surface area contributed by atoms with Crippen LogP contribution in [0.5, 0.6) is 0 Å². The van der Waals surface area contributed by atoms with Crippen LogP contribution in [0.1, 0.15) is 19.4 Å². The number of rotatable bonds is 3. The lowest BCUT2D eigenvalue weighted by Gasteiger charge is -2.28. The number of ether oxygens (including phenoxy) is 1. The first-order valence-corrected chi connectivity index (χ1v) is 8.17. The largest absolute Gasteiger partial charge is 0.466 e. The maximum absolute atomic E-state index is 13.2. The number of halogens is 1. The fraction of sp³-hybridized carbons (Fsp3) is 0.375. The predicted octanol–water partition coefficient (Wildman–Crippen LogP) is 3.06. The molecule has 0 aromatic heterocycles. The number of thioether (sulfide) groups is 1. The minimum absolute atomic E-state index is 0.133. The topological polar surface area (TPSA) is 50.7 Å². The highest BCUT2D eigenvalue weighted by atomic mass is 32.2. The van der Waals surface area contributed by atoms with Crippen molar-refractivity contribution in [2.45, 2.75) is 19.9 Å². The highest BCUT2D eigenvalue weighted by Crippen LogP contribution is 2.30.